The van der Waals surface area contributed by atoms with E-state index in [1.54, 1.807) is 18.2 Å². The minimum atomic E-state index is -0.607. The quantitative estimate of drug-likeness (QED) is 0.800. The molecular formula is C17H15BrFNO3. The van der Waals surface area contributed by atoms with Crippen molar-refractivity contribution in [2.75, 3.05) is 11.9 Å². The van der Waals surface area contributed by atoms with Crippen LogP contribution in [0.3, 0.4) is 0 Å². The van der Waals surface area contributed by atoms with Crippen LogP contribution in [0.2, 0.25) is 0 Å². The Hall–Kier alpha value is -2.21. The summed E-state index contributed by atoms with van der Waals surface area (Å²) in [5.41, 5.74) is 1.50. The zero-order chi connectivity index (χ0) is 16.8. The zero-order valence-corrected chi connectivity index (χ0v) is 14.0. The molecule has 1 amide bonds. The van der Waals surface area contributed by atoms with Crippen LogP contribution in [0.15, 0.2) is 46.9 Å². The van der Waals surface area contributed by atoms with E-state index in [9.17, 15) is 14.0 Å². The highest BCUT2D eigenvalue weighted by atomic mass is 79.9. The number of aryl methyl sites for hydroxylation is 1. The van der Waals surface area contributed by atoms with Crippen molar-refractivity contribution < 1.29 is 18.7 Å². The highest BCUT2D eigenvalue weighted by molar-refractivity contribution is 9.10. The van der Waals surface area contributed by atoms with E-state index in [0.717, 1.165) is 12.0 Å². The molecule has 0 aliphatic heterocycles. The molecule has 23 heavy (non-hydrogen) atoms. The van der Waals surface area contributed by atoms with Gasteiger partial charge in [0.25, 0.3) is 5.91 Å². The van der Waals surface area contributed by atoms with Crippen molar-refractivity contribution in [2.24, 2.45) is 0 Å². The first-order chi connectivity index (χ1) is 11.0. The van der Waals surface area contributed by atoms with Crippen LogP contribution in [-0.2, 0) is 16.0 Å². The fourth-order valence-electron chi connectivity index (χ4n) is 1.87. The van der Waals surface area contributed by atoms with Crippen molar-refractivity contribution in [1.82, 2.24) is 0 Å². The molecule has 0 bridgehead atoms. The summed E-state index contributed by atoms with van der Waals surface area (Å²) in [6.45, 7) is 1.53. The second-order valence-electron chi connectivity index (χ2n) is 4.80. The van der Waals surface area contributed by atoms with Crippen LogP contribution in [0.5, 0.6) is 0 Å². The van der Waals surface area contributed by atoms with E-state index in [2.05, 4.69) is 21.2 Å². The lowest BCUT2D eigenvalue weighted by Gasteiger charge is -2.08. The average molecular weight is 380 g/mol. The van der Waals surface area contributed by atoms with Gasteiger partial charge in [0.05, 0.1) is 11.3 Å². The highest BCUT2D eigenvalue weighted by Gasteiger charge is 2.12. The van der Waals surface area contributed by atoms with Crippen LogP contribution in [0.25, 0.3) is 0 Å². The molecule has 120 valence electrons. The van der Waals surface area contributed by atoms with E-state index >= 15 is 0 Å². The van der Waals surface area contributed by atoms with Gasteiger partial charge in [0.1, 0.15) is 5.82 Å². The molecule has 2 aromatic carbocycles. The van der Waals surface area contributed by atoms with Crippen molar-refractivity contribution in [1.29, 1.82) is 0 Å². The number of nitrogens with one attached hydrogen (secondary N) is 1. The second kappa shape index (κ2) is 7.87. The minimum Gasteiger partial charge on any atom is -0.452 e. The number of anilines is 1. The van der Waals surface area contributed by atoms with Crippen molar-refractivity contribution >= 4 is 33.5 Å². The van der Waals surface area contributed by atoms with Gasteiger partial charge in [0.2, 0.25) is 0 Å². The number of esters is 1. The standard InChI is InChI=1S/C17H15BrFNO3/c1-2-11-3-5-12(6-4-11)17(22)23-10-16(21)20-15-8-7-13(18)9-14(15)19/h3-9H,2,10H2,1H3,(H,20,21). The molecule has 0 saturated carbocycles. The van der Waals surface area contributed by atoms with Gasteiger partial charge in [0, 0.05) is 4.47 Å². The normalized spacial score (nSPS) is 10.2. The SMILES string of the molecule is CCc1ccc(C(=O)OCC(=O)Nc2ccc(Br)cc2F)cc1. The molecule has 0 radical (unpaired) electrons. The van der Waals surface area contributed by atoms with Crippen LogP contribution in [0.4, 0.5) is 10.1 Å². The number of hydrogen-bond acceptors (Lipinski definition) is 3. The third-order valence-electron chi connectivity index (χ3n) is 3.14. The molecule has 0 saturated heterocycles. The molecule has 0 aromatic heterocycles. The van der Waals surface area contributed by atoms with E-state index in [0.29, 0.717) is 10.0 Å². The van der Waals surface area contributed by atoms with Crippen LogP contribution >= 0.6 is 15.9 Å². The summed E-state index contributed by atoms with van der Waals surface area (Å²) in [5.74, 6) is -1.78. The largest absolute Gasteiger partial charge is 0.452 e. The zero-order valence-electron chi connectivity index (χ0n) is 12.4. The number of carbonyl (C=O) groups excluding carboxylic acids is 2. The number of amides is 1. The Kier molecular flexibility index (Phi) is 5.87. The first-order valence-electron chi connectivity index (χ1n) is 7.00. The third-order valence-corrected chi connectivity index (χ3v) is 3.63. The fourth-order valence-corrected chi connectivity index (χ4v) is 2.20. The van der Waals surface area contributed by atoms with Gasteiger partial charge in [0.15, 0.2) is 6.61 Å². The van der Waals surface area contributed by atoms with Gasteiger partial charge in [-0.1, -0.05) is 35.0 Å². The van der Waals surface area contributed by atoms with Crippen molar-refractivity contribution in [3.63, 3.8) is 0 Å². The molecule has 0 aliphatic carbocycles. The number of ether oxygens (including phenoxy) is 1. The van der Waals surface area contributed by atoms with Crippen molar-refractivity contribution in [2.45, 2.75) is 13.3 Å². The predicted molar refractivity (Wildman–Crippen MR) is 88.8 cm³/mol. The number of benzene rings is 2. The molecule has 0 unspecified atom stereocenters. The number of rotatable bonds is 5. The van der Waals surface area contributed by atoms with Crippen LogP contribution in [0.1, 0.15) is 22.8 Å². The summed E-state index contributed by atoms with van der Waals surface area (Å²) in [4.78, 5) is 23.5. The third kappa shape index (κ3) is 4.89. The Balaban J connectivity index is 1.89. The summed E-state index contributed by atoms with van der Waals surface area (Å²) in [6.07, 6.45) is 0.872. The van der Waals surface area contributed by atoms with Gasteiger partial charge >= 0.3 is 5.97 Å². The Bertz CT molecular complexity index is 716. The topological polar surface area (TPSA) is 55.4 Å². The molecule has 2 rings (SSSR count). The van der Waals surface area contributed by atoms with E-state index in [4.69, 9.17) is 4.74 Å². The molecule has 0 heterocycles. The lowest BCUT2D eigenvalue weighted by Crippen LogP contribution is -2.21. The number of halogens is 2. The highest BCUT2D eigenvalue weighted by Crippen LogP contribution is 2.19. The maximum Gasteiger partial charge on any atom is 0.338 e. The first kappa shape index (κ1) is 17.1. The second-order valence-corrected chi connectivity index (χ2v) is 5.71. The molecule has 2 aromatic rings. The molecule has 1 N–H and O–H groups in total. The molecule has 4 nitrogen and oxygen atoms in total. The van der Waals surface area contributed by atoms with Crippen LogP contribution in [-0.4, -0.2) is 18.5 Å². The summed E-state index contributed by atoms with van der Waals surface area (Å²) in [6, 6.07) is 11.2. The van der Waals surface area contributed by atoms with Gasteiger partial charge in [-0.15, -0.1) is 0 Å². The van der Waals surface area contributed by atoms with E-state index in [1.165, 1.54) is 12.1 Å². The number of carbonyl (C=O) groups is 2. The molecule has 0 fully saturated rings. The van der Waals surface area contributed by atoms with E-state index in [1.807, 2.05) is 19.1 Å². The summed E-state index contributed by atoms with van der Waals surface area (Å²) in [7, 11) is 0. The Morgan fingerprint density at radius 1 is 1.17 bits per heavy atom. The minimum absolute atomic E-state index is 0.0292. The van der Waals surface area contributed by atoms with E-state index < -0.39 is 24.3 Å². The lowest BCUT2D eigenvalue weighted by molar-refractivity contribution is -0.119. The van der Waals surface area contributed by atoms with Gasteiger partial charge in [-0.3, -0.25) is 4.79 Å². The smallest absolute Gasteiger partial charge is 0.338 e. The first-order valence-corrected chi connectivity index (χ1v) is 7.80. The molecule has 6 heteroatoms. The summed E-state index contributed by atoms with van der Waals surface area (Å²) in [5, 5.41) is 2.35. The Labute approximate surface area is 141 Å². The monoisotopic (exact) mass is 379 g/mol. The lowest BCUT2D eigenvalue weighted by atomic mass is 10.1. The van der Waals surface area contributed by atoms with Crippen LogP contribution < -0.4 is 5.32 Å². The van der Waals surface area contributed by atoms with Crippen LogP contribution in [0, 0.1) is 5.82 Å². The van der Waals surface area contributed by atoms with Gasteiger partial charge < -0.3 is 10.1 Å². The molecule has 0 aliphatic rings. The van der Waals surface area contributed by atoms with Gasteiger partial charge in [-0.05, 0) is 42.3 Å². The number of hydrogen-bond donors (Lipinski definition) is 1. The maximum atomic E-state index is 13.6. The maximum absolute atomic E-state index is 13.6. The summed E-state index contributed by atoms with van der Waals surface area (Å²) < 4.78 is 19.1. The Morgan fingerprint density at radius 3 is 2.48 bits per heavy atom. The Morgan fingerprint density at radius 2 is 1.87 bits per heavy atom. The van der Waals surface area contributed by atoms with Gasteiger partial charge in [-0.2, -0.15) is 0 Å². The molecular weight excluding hydrogens is 365 g/mol. The predicted octanol–water partition coefficient (Wildman–Crippen LogP) is 3.95. The molecule has 0 atom stereocenters. The molecule has 0 spiro atoms. The average Bonchev–Trinajstić information content (AvgIpc) is 2.55. The van der Waals surface area contributed by atoms with Gasteiger partial charge in [-0.25, -0.2) is 9.18 Å². The van der Waals surface area contributed by atoms with Crippen molar-refractivity contribution in [3.05, 3.63) is 63.9 Å². The summed E-state index contributed by atoms with van der Waals surface area (Å²) >= 11 is 3.13. The van der Waals surface area contributed by atoms with E-state index in [-0.39, 0.29) is 5.69 Å². The van der Waals surface area contributed by atoms with Crippen molar-refractivity contribution in [3.8, 4) is 0 Å². The fraction of sp³-hybridized carbons (Fsp3) is 0.176.